The second-order valence-corrected chi connectivity index (χ2v) is 4.33. The summed E-state index contributed by atoms with van der Waals surface area (Å²) in [6, 6.07) is 9.88. The van der Waals surface area contributed by atoms with E-state index in [0.29, 0.717) is 5.69 Å². The zero-order chi connectivity index (χ0) is 12.3. The number of hydrogen-bond acceptors (Lipinski definition) is 2. The van der Waals surface area contributed by atoms with Crippen molar-refractivity contribution < 1.29 is 0 Å². The van der Waals surface area contributed by atoms with Crippen LogP contribution in [0.15, 0.2) is 30.6 Å². The Morgan fingerprint density at radius 3 is 2.65 bits per heavy atom. The molecule has 0 aliphatic carbocycles. The molecule has 2 aromatic rings. The molecule has 0 radical (unpaired) electrons. The third-order valence-electron chi connectivity index (χ3n) is 2.73. The van der Waals surface area contributed by atoms with Gasteiger partial charge in [0.15, 0.2) is 5.69 Å². The summed E-state index contributed by atoms with van der Waals surface area (Å²) < 4.78 is 1.90. The molecule has 1 aromatic carbocycles. The third kappa shape index (κ3) is 2.66. The van der Waals surface area contributed by atoms with Crippen molar-refractivity contribution in [3.8, 4) is 6.07 Å². The first-order valence-electron chi connectivity index (χ1n) is 5.35. The predicted molar refractivity (Wildman–Crippen MR) is 66.8 cm³/mol. The summed E-state index contributed by atoms with van der Waals surface area (Å²) in [5.74, 6) is 0. The van der Waals surface area contributed by atoms with Gasteiger partial charge < -0.3 is 4.57 Å². The van der Waals surface area contributed by atoms with Gasteiger partial charge in [-0.2, -0.15) is 5.26 Å². The van der Waals surface area contributed by atoms with Crippen molar-refractivity contribution in [3.63, 3.8) is 0 Å². The van der Waals surface area contributed by atoms with Gasteiger partial charge in [-0.1, -0.05) is 23.7 Å². The molecule has 3 nitrogen and oxygen atoms in total. The van der Waals surface area contributed by atoms with E-state index in [4.69, 9.17) is 16.9 Å². The quantitative estimate of drug-likeness (QED) is 0.834. The molecule has 0 N–H and O–H groups in total. The van der Waals surface area contributed by atoms with Crippen LogP contribution in [0.1, 0.15) is 17.0 Å². The zero-order valence-electron chi connectivity index (χ0n) is 9.52. The standard InChI is InChI=1S/C13H12ClN3/c1-17-9-16-12(8-15)13(17)7-4-10-2-5-11(14)6-3-10/h2-3,5-6,9H,4,7H2,1H3. The summed E-state index contributed by atoms with van der Waals surface area (Å²) in [4.78, 5) is 4.04. The molecule has 0 saturated heterocycles. The van der Waals surface area contributed by atoms with Crippen molar-refractivity contribution in [2.24, 2.45) is 7.05 Å². The maximum atomic E-state index is 8.92. The molecule has 0 amide bonds. The average Bonchev–Trinajstić information content (AvgIpc) is 2.69. The minimum Gasteiger partial charge on any atom is -0.336 e. The van der Waals surface area contributed by atoms with Gasteiger partial charge in [-0.3, -0.25) is 0 Å². The summed E-state index contributed by atoms with van der Waals surface area (Å²) in [5.41, 5.74) is 2.70. The molecule has 0 bridgehead atoms. The van der Waals surface area contributed by atoms with E-state index in [0.717, 1.165) is 23.6 Å². The van der Waals surface area contributed by atoms with Crippen LogP contribution in [-0.2, 0) is 19.9 Å². The van der Waals surface area contributed by atoms with Crippen LogP contribution in [0.4, 0.5) is 0 Å². The van der Waals surface area contributed by atoms with E-state index >= 15 is 0 Å². The highest BCUT2D eigenvalue weighted by Crippen LogP contribution is 2.13. The number of aromatic nitrogens is 2. The zero-order valence-corrected chi connectivity index (χ0v) is 10.3. The molecule has 86 valence electrons. The van der Waals surface area contributed by atoms with Crippen molar-refractivity contribution >= 4 is 11.6 Å². The van der Waals surface area contributed by atoms with Gasteiger partial charge >= 0.3 is 0 Å². The van der Waals surface area contributed by atoms with E-state index in [1.54, 1.807) is 6.33 Å². The fraction of sp³-hybridized carbons (Fsp3) is 0.231. The highest BCUT2D eigenvalue weighted by Gasteiger charge is 2.07. The first kappa shape index (κ1) is 11.7. The third-order valence-corrected chi connectivity index (χ3v) is 2.98. The summed E-state index contributed by atoms with van der Waals surface area (Å²) >= 11 is 5.83. The van der Waals surface area contributed by atoms with Crippen LogP contribution in [0.2, 0.25) is 5.02 Å². The van der Waals surface area contributed by atoms with Crippen LogP contribution in [0.3, 0.4) is 0 Å². The summed E-state index contributed by atoms with van der Waals surface area (Å²) in [6.45, 7) is 0. The Kier molecular flexibility index (Phi) is 3.46. The Morgan fingerprint density at radius 2 is 2.00 bits per heavy atom. The van der Waals surface area contributed by atoms with Crippen molar-refractivity contribution in [1.82, 2.24) is 9.55 Å². The van der Waals surface area contributed by atoms with Crippen LogP contribution in [0, 0.1) is 11.3 Å². The van der Waals surface area contributed by atoms with E-state index < -0.39 is 0 Å². The SMILES string of the molecule is Cn1cnc(C#N)c1CCc1ccc(Cl)cc1. The van der Waals surface area contributed by atoms with Gasteiger partial charge in [0.2, 0.25) is 0 Å². The molecule has 0 atom stereocenters. The molecule has 17 heavy (non-hydrogen) atoms. The maximum Gasteiger partial charge on any atom is 0.161 e. The van der Waals surface area contributed by atoms with Gasteiger partial charge in [-0.25, -0.2) is 4.98 Å². The lowest BCUT2D eigenvalue weighted by molar-refractivity contribution is 0.796. The Labute approximate surface area is 105 Å². The smallest absolute Gasteiger partial charge is 0.161 e. The molecule has 0 saturated carbocycles. The van der Waals surface area contributed by atoms with Crippen molar-refractivity contribution in [3.05, 3.63) is 52.6 Å². The predicted octanol–water partition coefficient (Wildman–Crippen LogP) is 2.73. The number of hydrogen-bond donors (Lipinski definition) is 0. The Balaban J connectivity index is 2.10. The molecule has 0 aliphatic rings. The van der Waals surface area contributed by atoms with Gasteiger partial charge in [-0.05, 0) is 30.5 Å². The number of rotatable bonds is 3. The van der Waals surface area contributed by atoms with Crippen LogP contribution >= 0.6 is 11.6 Å². The second kappa shape index (κ2) is 5.03. The minimum atomic E-state index is 0.515. The second-order valence-electron chi connectivity index (χ2n) is 3.89. The maximum absolute atomic E-state index is 8.92. The first-order chi connectivity index (χ1) is 8.20. The number of halogens is 1. The van der Waals surface area contributed by atoms with Crippen LogP contribution in [0.25, 0.3) is 0 Å². The monoisotopic (exact) mass is 245 g/mol. The van der Waals surface area contributed by atoms with E-state index in [1.165, 1.54) is 5.56 Å². The van der Waals surface area contributed by atoms with Gasteiger partial charge in [-0.15, -0.1) is 0 Å². The Bertz CT molecular complexity index is 549. The van der Waals surface area contributed by atoms with Gasteiger partial charge in [0.1, 0.15) is 6.07 Å². The number of benzene rings is 1. The fourth-order valence-corrected chi connectivity index (χ4v) is 1.88. The first-order valence-corrected chi connectivity index (χ1v) is 5.73. The van der Waals surface area contributed by atoms with Crippen molar-refractivity contribution in [2.75, 3.05) is 0 Å². The Morgan fingerprint density at radius 1 is 1.29 bits per heavy atom. The van der Waals surface area contributed by atoms with Crippen LogP contribution in [0.5, 0.6) is 0 Å². The molecule has 0 aliphatic heterocycles. The topological polar surface area (TPSA) is 41.6 Å². The number of nitriles is 1. The molecule has 0 unspecified atom stereocenters. The highest BCUT2D eigenvalue weighted by molar-refractivity contribution is 6.30. The van der Waals surface area contributed by atoms with Gasteiger partial charge in [0.25, 0.3) is 0 Å². The molecule has 0 fully saturated rings. The lowest BCUT2D eigenvalue weighted by Gasteiger charge is -2.03. The number of nitrogens with zero attached hydrogens (tertiary/aromatic N) is 3. The highest BCUT2D eigenvalue weighted by atomic mass is 35.5. The lowest BCUT2D eigenvalue weighted by atomic mass is 10.1. The van der Waals surface area contributed by atoms with E-state index in [2.05, 4.69) is 11.1 Å². The van der Waals surface area contributed by atoms with Gasteiger partial charge in [0, 0.05) is 12.1 Å². The molecule has 2 rings (SSSR count). The molecule has 1 aromatic heterocycles. The molecular formula is C13H12ClN3. The van der Waals surface area contributed by atoms with Crippen LogP contribution < -0.4 is 0 Å². The molecule has 1 heterocycles. The molecule has 0 spiro atoms. The van der Waals surface area contributed by atoms with E-state index in [1.807, 2.05) is 35.9 Å². The summed E-state index contributed by atoms with van der Waals surface area (Å²) in [6.07, 6.45) is 3.36. The van der Waals surface area contributed by atoms with Gasteiger partial charge in [0.05, 0.1) is 12.0 Å². The normalized spacial score (nSPS) is 10.2. The van der Waals surface area contributed by atoms with Crippen molar-refractivity contribution in [2.45, 2.75) is 12.8 Å². The summed E-state index contributed by atoms with van der Waals surface area (Å²) in [5, 5.41) is 9.66. The number of aryl methyl sites for hydroxylation is 2. The molecule has 4 heteroatoms. The molecular weight excluding hydrogens is 234 g/mol. The largest absolute Gasteiger partial charge is 0.336 e. The number of imidazole rings is 1. The summed E-state index contributed by atoms with van der Waals surface area (Å²) in [7, 11) is 1.91. The lowest BCUT2D eigenvalue weighted by Crippen LogP contribution is -2.00. The average molecular weight is 246 g/mol. The minimum absolute atomic E-state index is 0.515. The van der Waals surface area contributed by atoms with E-state index in [9.17, 15) is 0 Å². The van der Waals surface area contributed by atoms with Crippen molar-refractivity contribution in [1.29, 1.82) is 5.26 Å². The van der Waals surface area contributed by atoms with E-state index in [-0.39, 0.29) is 0 Å². The fourth-order valence-electron chi connectivity index (χ4n) is 1.76. The Hall–Kier alpha value is -1.79. The van der Waals surface area contributed by atoms with Crippen LogP contribution in [-0.4, -0.2) is 9.55 Å².